The first kappa shape index (κ1) is 15.1. The minimum atomic E-state index is 0.745. The summed E-state index contributed by atoms with van der Waals surface area (Å²) in [6, 6.07) is 2.25. The van der Waals surface area contributed by atoms with E-state index in [4.69, 9.17) is 0 Å². The van der Waals surface area contributed by atoms with Crippen LogP contribution in [0, 0.1) is 6.92 Å². The fourth-order valence-electron chi connectivity index (χ4n) is 3.64. The highest BCUT2D eigenvalue weighted by Gasteiger charge is 2.26. The molecule has 4 nitrogen and oxygen atoms in total. The first-order chi connectivity index (χ1) is 11.3. The number of nitrogens with zero attached hydrogens (tertiary/aromatic N) is 4. The molecule has 0 saturated carbocycles. The van der Waals surface area contributed by atoms with E-state index in [0.717, 1.165) is 22.1 Å². The van der Waals surface area contributed by atoms with Crippen molar-refractivity contribution < 1.29 is 0 Å². The van der Waals surface area contributed by atoms with Gasteiger partial charge in [0.25, 0.3) is 0 Å². The zero-order valence-corrected chi connectivity index (χ0v) is 15.1. The first-order valence-corrected chi connectivity index (χ1v) is 10.2. The molecule has 0 spiro atoms. The number of hydrogen-bond donors (Lipinski definition) is 0. The lowest BCUT2D eigenvalue weighted by atomic mass is 9.88. The molecule has 2 aliphatic heterocycles. The van der Waals surface area contributed by atoms with Crippen molar-refractivity contribution in [3.8, 4) is 0 Å². The van der Waals surface area contributed by atoms with Gasteiger partial charge in [0.1, 0.15) is 4.21 Å². The van der Waals surface area contributed by atoms with Gasteiger partial charge in [-0.25, -0.2) is 4.98 Å². The van der Waals surface area contributed by atoms with Crippen LogP contribution >= 0.6 is 23.1 Å². The lowest BCUT2D eigenvalue weighted by Crippen LogP contribution is -2.34. The Kier molecular flexibility index (Phi) is 4.11. The van der Waals surface area contributed by atoms with Crippen LogP contribution in [0.4, 0.5) is 17.2 Å². The van der Waals surface area contributed by atoms with Crippen LogP contribution in [-0.4, -0.2) is 24.3 Å². The number of thiazole rings is 1. The van der Waals surface area contributed by atoms with E-state index in [1.54, 1.807) is 23.1 Å². The minimum Gasteiger partial charge on any atom is -0.371 e. The van der Waals surface area contributed by atoms with E-state index in [0.29, 0.717) is 0 Å². The van der Waals surface area contributed by atoms with Crippen LogP contribution < -0.4 is 4.90 Å². The van der Waals surface area contributed by atoms with E-state index < -0.39 is 0 Å². The average Bonchev–Trinajstić information content (AvgIpc) is 3.04. The Balaban J connectivity index is 1.75. The molecule has 0 saturated heterocycles. The number of aromatic nitrogens is 1. The van der Waals surface area contributed by atoms with Crippen LogP contribution in [0.5, 0.6) is 0 Å². The average molecular weight is 345 g/mol. The van der Waals surface area contributed by atoms with Crippen molar-refractivity contribution >= 4 is 40.3 Å². The molecule has 3 heterocycles. The van der Waals surface area contributed by atoms with Crippen LogP contribution in [-0.2, 0) is 12.8 Å². The third-order valence-electron chi connectivity index (χ3n) is 4.74. The molecule has 2 aromatic rings. The van der Waals surface area contributed by atoms with Gasteiger partial charge in [0.05, 0.1) is 11.2 Å². The predicted octanol–water partition coefficient (Wildman–Crippen LogP) is 5.29. The van der Waals surface area contributed by atoms with Crippen LogP contribution in [0.25, 0.3) is 0 Å². The van der Waals surface area contributed by atoms with E-state index >= 15 is 0 Å². The van der Waals surface area contributed by atoms with E-state index in [9.17, 15) is 0 Å². The summed E-state index contributed by atoms with van der Waals surface area (Å²) in [6.45, 7) is 4.60. The fourth-order valence-corrected chi connectivity index (χ4v) is 4.88. The summed E-state index contributed by atoms with van der Waals surface area (Å²) in [5, 5.41) is 8.98. The summed E-state index contributed by atoms with van der Waals surface area (Å²) in [6.07, 6.45) is 6.87. The third-order valence-corrected chi connectivity index (χ3v) is 6.69. The summed E-state index contributed by atoms with van der Waals surface area (Å²) in [7, 11) is 0. The van der Waals surface area contributed by atoms with Gasteiger partial charge in [-0.2, -0.15) is 0 Å². The van der Waals surface area contributed by atoms with Gasteiger partial charge in [0.15, 0.2) is 5.82 Å². The second kappa shape index (κ2) is 6.24. The van der Waals surface area contributed by atoms with Gasteiger partial charge in [-0.3, -0.25) is 0 Å². The van der Waals surface area contributed by atoms with E-state index in [1.165, 1.54) is 54.7 Å². The largest absolute Gasteiger partial charge is 0.371 e. The maximum absolute atomic E-state index is 4.56. The number of azo groups is 1. The maximum Gasteiger partial charge on any atom is 0.199 e. The number of benzene rings is 1. The molecule has 0 N–H and O–H groups in total. The lowest BCUT2D eigenvalue weighted by Gasteiger charge is -2.37. The smallest absolute Gasteiger partial charge is 0.199 e. The Morgan fingerprint density at radius 3 is 2.87 bits per heavy atom. The molecule has 6 heteroatoms. The molecular formula is C17H20N4S2. The lowest BCUT2D eigenvalue weighted by molar-refractivity contribution is 0.632. The Morgan fingerprint density at radius 2 is 2.04 bits per heavy atom. The van der Waals surface area contributed by atoms with Gasteiger partial charge in [0, 0.05) is 18.8 Å². The van der Waals surface area contributed by atoms with Crippen LogP contribution in [0.15, 0.2) is 26.0 Å². The van der Waals surface area contributed by atoms with Crippen LogP contribution in [0.2, 0.25) is 0 Å². The van der Waals surface area contributed by atoms with Gasteiger partial charge >= 0.3 is 0 Å². The standard InChI is InChI=1S/C17H20N4S2/c1-11-13-6-4-8-21-7-3-5-12(15(13)21)9-14(11)19-20-16-17(22-2)23-10-18-16/h9-10H,3-8H2,1-2H3. The monoisotopic (exact) mass is 344 g/mol. The molecule has 1 aromatic heterocycles. The Labute approximate surface area is 145 Å². The topological polar surface area (TPSA) is 40.9 Å². The molecule has 0 fully saturated rings. The Hall–Kier alpha value is -1.40. The van der Waals surface area contributed by atoms with Gasteiger partial charge in [-0.1, -0.05) is 0 Å². The zero-order chi connectivity index (χ0) is 15.8. The van der Waals surface area contributed by atoms with Crippen molar-refractivity contribution in [3.05, 3.63) is 28.3 Å². The SMILES string of the molecule is CSc1scnc1N=Nc1cc2c3c(c1C)CCCN3CCC2. The normalized spacial score (nSPS) is 16.9. The van der Waals surface area contributed by atoms with E-state index in [1.807, 2.05) is 5.51 Å². The molecule has 23 heavy (non-hydrogen) atoms. The number of aryl methyl sites for hydroxylation is 1. The van der Waals surface area contributed by atoms with Gasteiger partial charge in [-0.15, -0.1) is 33.3 Å². The highest BCUT2D eigenvalue weighted by molar-refractivity contribution is 8.00. The van der Waals surface area contributed by atoms with Crippen molar-refractivity contribution in [2.75, 3.05) is 24.2 Å². The Morgan fingerprint density at radius 1 is 1.22 bits per heavy atom. The van der Waals surface area contributed by atoms with Crippen LogP contribution in [0.3, 0.4) is 0 Å². The van der Waals surface area contributed by atoms with Gasteiger partial charge in [0.2, 0.25) is 0 Å². The number of anilines is 1. The van der Waals surface area contributed by atoms with Crippen molar-refractivity contribution in [2.45, 2.75) is 36.8 Å². The number of thioether (sulfide) groups is 1. The molecule has 0 bridgehead atoms. The van der Waals surface area contributed by atoms with Crippen molar-refractivity contribution in [3.63, 3.8) is 0 Å². The minimum absolute atomic E-state index is 0.745. The molecule has 0 aliphatic carbocycles. The summed E-state index contributed by atoms with van der Waals surface area (Å²) < 4.78 is 1.12. The summed E-state index contributed by atoms with van der Waals surface area (Å²) >= 11 is 3.30. The van der Waals surface area contributed by atoms with Gasteiger partial charge < -0.3 is 4.90 Å². The first-order valence-electron chi connectivity index (χ1n) is 8.07. The fraction of sp³-hybridized carbons (Fsp3) is 0.471. The summed E-state index contributed by atoms with van der Waals surface area (Å²) in [5.41, 5.74) is 8.58. The molecule has 1 aromatic carbocycles. The van der Waals surface area contributed by atoms with Crippen molar-refractivity contribution in [1.82, 2.24) is 4.98 Å². The molecule has 0 amide bonds. The van der Waals surface area contributed by atoms with Crippen LogP contribution in [0.1, 0.15) is 29.5 Å². The molecule has 120 valence electrons. The van der Waals surface area contributed by atoms with Crippen molar-refractivity contribution in [1.29, 1.82) is 0 Å². The van der Waals surface area contributed by atoms with Gasteiger partial charge in [-0.05, 0) is 61.6 Å². The summed E-state index contributed by atoms with van der Waals surface area (Å²) in [5.74, 6) is 0.745. The zero-order valence-electron chi connectivity index (χ0n) is 13.5. The van der Waals surface area contributed by atoms with Crippen molar-refractivity contribution in [2.24, 2.45) is 10.2 Å². The number of rotatable bonds is 3. The highest BCUT2D eigenvalue weighted by Crippen LogP contribution is 2.41. The molecule has 0 unspecified atom stereocenters. The highest BCUT2D eigenvalue weighted by atomic mass is 32.2. The third kappa shape index (κ3) is 2.68. The maximum atomic E-state index is 4.56. The predicted molar refractivity (Wildman–Crippen MR) is 98.1 cm³/mol. The quantitative estimate of drug-likeness (QED) is 0.561. The summed E-state index contributed by atoms with van der Waals surface area (Å²) in [4.78, 5) is 6.88. The second-order valence-corrected chi connectivity index (χ2v) is 8.00. The molecule has 2 aliphatic rings. The molecule has 4 rings (SSSR count). The Bertz CT molecular complexity index is 764. The molecule has 0 radical (unpaired) electrons. The molecular weight excluding hydrogens is 324 g/mol. The number of hydrogen-bond acceptors (Lipinski definition) is 6. The van der Waals surface area contributed by atoms with E-state index in [-0.39, 0.29) is 0 Å². The second-order valence-electron chi connectivity index (χ2n) is 6.07. The van der Waals surface area contributed by atoms with E-state index in [2.05, 4.69) is 39.4 Å². The molecule has 0 atom stereocenters.